The van der Waals surface area contributed by atoms with Gasteiger partial charge in [0.15, 0.2) is 0 Å². The molecule has 0 saturated carbocycles. The topological polar surface area (TPSA) is 95.5 Å². The number of hydroxylamine groups is 1. The lowest BCUT2D eigenvalue weighted by molar-refractivity contribution is -0.124. The second kappa shape index (κ2) is 8.53. The largest absolute Gasteiger partial charge is 0.288 e. The van der Waals surface area contributed by atoms with Crippen LogP contribution in [0, 0.1) is 0 Å². The van der Waals surface area contributed by atoms with Crippen molar-refractivity contribution < 1.29 is 18.4 Å². The molecular formula is C16H16N2O4S2. The summed E-state index contributed by atoms with van der Waals surface area (Å²) in [5.41, 5.74) is 1.96. The Balaban J connectivity index is 2.03. The maximum atomic E-state index is 12.3. The van der Waals surface area contributed by atoms with E-state index in [1.807, 2.05) is 6.07 Å². The molecule has 3 N–H and O–H groups in total. The molecule has 6 nitrogen and oxygen atoms in total. The van der Waals surface area contributed by atoms with E-state index in [0.717, 1.165) is 4.90 Å². The molecule has 0 fully saturated rings. The van der Waals surface area contributed by atoms with Gasteiger partial charge in [-0.25, -0.2) is 13.9 Å². The number of rotatable bonds is 7. The number of nitrogens with one attached hydrogen (secondary N) is 2. The van der Waals surface area contributed by atoms with Crippen molar-refractivity contribution in [2.75, 3.05) is 10.5 Å². The minimum absolute atomic E-state index is 0.195. The summed E-state index contributed by atoms with van der Waals surface area (Å²) in [6.45, 7) is 0. The van der Waals surface area contributed by atoms with Crippen molar-refractivity contribution in [3.05, 3.63) is 66.7 Å². The quantitative estimate of drug-likeness (QED) is 0.304. The highest BCUT2D eigenvalue weighted by atomic mass is 32.2. The summed E-state index contributed by atoms with van der Waals surface area (Å²) in [6, 6.07) is 15.1. The van der Waals surface area contributed by atoms with E-state index in [9.17, 15) is 13.2 Å². The smallest absolute Gasteiger partial charge is 0.267 e. The van der Waals surface area contributed by atoms with E-state index in [1.165, 1.54) is 35.5 Å². The monoisotopic (exact) mass is 364 g/mol. The molecule has 0 radical (unpaired) electrons. The molecule has 1 amide bonds. The third-order valence-electron chi connectivity index (χ3n) is 2.87. The third kappa shape index (κ3) is 5.41. The van der Waals surface area contributed by atoms with Gasteiger partial charge in [0.1, 0.15) is 0 Å². The molecule has 0 bridgehead atoms. The zero-order chi connectivity index (χ0) is 17.4. The van der Waals surface area contributed by atoms with Gasteiger partial charge in [-0.3, -0.25) is 14.7 Å². The lowest BCUT2D eigenvalue weighted by atomic mass is 10.3. The Kier molecular flexibility index (Phi) is 6.42. The van der Waals surface area contributed by atoms with E-state index in [2.05, 4.69) is 4.72 Å². The number of hydrogen-bond donors (Lipinski definition) is 3. The standard InChI is InChI=1S/C16H16N2O4S2/c19-16(17-20)10-5-11-23-14-7-4-6-13(12-14)18-24(21,22)15-8-2-1-3-9-15/h1-10,12,18,20H,11H2,(H,17,19)/b10-5+. The number of carbonyl (C=O) groups excluding carboxylic acids is 1. The summed E-state index contributed by atoms with van der Waals surface area (Å²) in [5, 5.41) is 8.37. The molecule has 0 aliphatic rings. The number of hydrogen-bond acceptors (Lipinski definition) is 5. The van der Waals surface area contributed by atoms with Crippen molar-refractivity contribution in [1.82, 2.24) is 5.48 Å². The fraction of sp³-hybridized carbons (Fsp3) is 0.0625. The van der Waals surface area contributed by atoms with Gasteiger partial charge in [0.2, 0.25) is 0 Å². The van der Waals surface area contributed by atoms with Crippen LogP contribution in [0.25, 0.3) is 0 Å². The molecular weight excluding hydrogens is 348 g/mol. The van der Waals surface area contributed by atoms with E-state index in [0.29, 0.717) is 11.4 Å². The van der Waals surface area contributed by atoms with E-state index >= 15 is 0 Å². The van der Waals surface area contributed by atoms with E-state index in [4.69, 9.17) is 5.21 Å². The van der Waals surface area contributed by atoms with E-state index in [1.54, 1.807) is 42.5 Å². The van der Waals surface area contributed by atoms with E-state index in [-0.39, 0.29) is 4.90 Å². The number of amides is 1. The van der Waals surface area contributed by atoms with Crippen LogP contribution < -0.4 is 10.2 Å². The molecule has 2 aromatic rings. The Bertz CT molecular complexity index is 821. The van der Waals surface area contributed by atoms with Gasteiger partial charge >= 0.3 is 0 Å². The van der Waals surface area contributed by atoms with Crippen molar-refractivity contribution >= 4 is 33.4 Å². The average Bonchev–Trinajstić information content (AvgIpc) is 2.59. The first-order valence-electron chi connectivity index (χ1n) is 6.92. The van der Waals surface area contributed by atoms with Crippen molar-refractivity contribution in [1.29, 1.82) is 0 Å². The fourth-order valence-corrected chi connectivity index (χ4v) is 3.64. The Hall–Kier alpha value is -2.29. The highest BCUT2D eigenvalue weighted by molar-refractivity contribution is 7.99. The maximum Gasteiger partial charge on any atom is 0.267 e. The van der Waals surface area contributed by atoms with Gasteiger partial charge in [-0.15, -0.1) is 11.8 Å². The average molecular weight is 364 g/mol. The Morgan fingerprint density at radius 3 is 2.58 bits per heavy atom. The fourth-order valence-electron chi connectivity index (χ4n) is 1.80. The number of benzene rings is 2. The SMILES string of the molecule is O=C(/C=C/CSc1cccc(NS(=O)(=O)c2ccccc2)c1)NO. The molecule has 0 unspecified atom stereocenters. The normalized spacial score (nSPS) is 11.4. The molecule has 0 saturated heterocycles. The first-order chi connectivity index (χ1) is 11.5. The number of anilines is 1. The van der Waals surface area contributed by atoms with Gasteiger partial charge in [-0.1, -0.05) is 30.3 Å². The zero-order valence-corrected chi connectivity index (χ0v) is 14.2. The molecule has 0 aliphatic carbocycles. The van der Waals surface area contributed by atoms with Crippen molar-refractivity contribution in [2.45, 2.75) is 9.79 Å². The zero-order valence-electron chi connectivity index (χ0n) is 12.5. The van der Waals surface area contributed by atoms with Gasteiger partial charge in [0.25, 0.3) is 15.9 Å². The second-order valence-electron chi connectivity index (χ2n) is 4.64. The number of thioether (sulfide) groups is 1. The summed E-state index contributed by atoms with van der Waals surface area (Å²) in [5.74, 6) is -0.0950. The molecule has 2 rings (SSSR count). The van der Waals surface area contributed by atoms with Crippen LogP contribution in [0.4, 0.5) is 5.69 Å². The summed E-state index contributed by atoms with van der Waals surface area (Å²) in [6.07, 6.45) is 2.81. The first-order valence-corrected chi connectivity index (χ1v) is 9.39. The van der Waals surface area contributed by atoms with Crippen LogP contribution in [0.1, 0.15) is 0 Å². The van der Waals surface area contributed by atoms with Gasteiger partial charge in [0.05, 0.1) is 4.90 Å². The lowest BCUT2D eigenvalue weighted by Gasteiger charge is -2.09. The van der Waals surface area contributed by atoms with E-state index < -0.39 is 15.9 Å². The maximum absolute atomic E-state index is 12.3. The highest BCUT2D eigenvalue weighted by Gasteiger charge is 2.13. The van der Waals surface area contributed by atoms with Crippen molar-refractivity contribution in [3.8, 4) is 0 Å². The van der Waals surface area contributed by atoms with Crippen molar-refractivity contribution in [3.63, 3.8) is 0 Å². The lowest BCUT2D eigenvalue weighted by Crippen LogP contribution is -2.14. The molecule has 2 aromatic carbocycles. The number of sulfonamides is 1. The van der Waals surface area contributed by atoms with Crippen LogP contribution in [0.3, 0.4) is 0 Å². The second-order valence-corrected chi connectivity index (χ2v) is 7.41. The minimum Gasteiger partial charge on any atom is -0.288 e. The van der Waals surface area contributed by atoms with Gasteiger partial charge in [-0.2, -0.15) is 0 Å². The first kappa shape index (κ1) is 18.1. The third-order valence-corrected chi connectivity index (χ3v) is 5.21. The summed E-state index contributed by atoms with van der Waals surface area (Å²) in [4.78, 5) is 11.9. The van der Waals surface area contributed by atoms with Crippen molar-refractivity contribution in [2.24, 2.45) is 0 Å². The molecule has 0 heterocycles. The Morgan fingerprint density at radius 2 is 1.88 bits per heavy atom. The number of carbonyl (C=O) groups is 1. The molecule has 0 aliphatic heterocycles. The molecule has 0 aromatic heterocycles. The van der Waals surface area contributed by atoms with Crippen LogP contribution in [-0.4, -0.2) is 25.3 Å². The van der Waals surface area contributed by atoms with Gasteiger partial charge in [0, 0.05) is 22.4 Å². The predicted octanol–water partition coefficient (Wildman–Crippen LogP) is 2.64. The van der Waals surface area contributed by atoms with Crippen LogP contribution in [0.5, 0.6) is 0 Å². The molecule has 8 heteroatoms. The Labute approximate surface area is 144 Å². The summed E-state index contributed by atoms with van der Waals surface area (Å²) < 4.78 is 27.1. The van der Waals surface area contributed by atoms with Crippen LogP contribution >= 0.6 is 11.8 Å². The summed E-state index contributed by atoms with van der Waals surface area (Å²) >= 11 is 1.43. The van der Waals surface area contributed by atoms with Crippen LogP contribution in [-0.2, 0) is 14.8 Å². The predicted molar refractivity (Wildman–Crippen MR) is 93.5 cm³/mol. The molecule has 0 atom stereocenters. The van der Waals surface area contributed by atoms with Crippen LogP contribution in [0.2, 0.25) is 0 Å². The van der Waals surface area contributed by atoms with Crippen LogP contribution in [0.15, 0.2) is 76.5 Å². The van der Waals surface area contributed by atoms with Gasteiger partial charge < -0.3 is 0 Å². The highest BCUT2D eigenvalue weighted by Crippen LogP contribution is 2.23. The Morgan fingerprint density at radius 1 is 1.12 bits per heavy atom. The minimum atomic E-state index is -3.62. The molecule has 126 valence electrons. The summed E-state index contributed by atoms with van der Waals surface area (Å²) in [7, 11) is -3.62. The molecule has 24 heavy (non-hydrogen) atoms. The molecule has 0 spiro atoms. The van der Waals surface area contributed by atoms with Gasteiger partial charge in [-0.05, 0) is 30.3 Å².